The van der Waals surface area contributed by atoms with Crippen LogP contribution in [0.1, 0.15) is 30.9 Å². The molecule has 0 unspecified atom stereocenters. The molecule has 4 heteroatoms. The Labute approximate surface area is 129 Å². The minimum Gasteiger partial charge on any atom is -0.455 e. The van der Waals surface area contributed by atoms with Gasteiger partial charge in [0, 0.05) is 16.1 Å². The van der Waals surface area contributed by atoms with Crippen molar-refractivity contribution in [2.45, 2.75) is 26.7 Å². The van der Waals surface area contributed by atoms with Gasteiger partial charge in [0.15, 0.2) is 5.75 Å². The zero-order chi connectivity index (χ0) is 14.9. The van der Waals surface area contributed by atoms with Crippen LogP contribution in [0.25, 0.3) is 0 Å². The van der Waals surface area contributed by atoms with E-state index in [0.717, 1.165) is 21.9 Å². The lowest BCUT2D eigenvalue weighted by atomic mass is 10.0. The van der Waals surface area contributed by atoms with Crippen LogP contribution in [0.3, 0.4) is 0 Å². The second-order valence-electron chi connectivity index (χ2n) is 5.08. The Morgan fingerprint density at radius 2 is 1.75 bits per heavy atom. The SMILES string of the molecule is Cc1cc(Cl)c(C(C)C)cc1Oc1cc(Cl)ccc1N. The Bertz CT molecular complexity index is 639. The molecule has 0 aromatic heterocycles. The van der Waals surface area contributed by atoms with Gasteiger partial charge in [-0.25, -0.2) is 0 Å². The molecule has 0 aliphatic heterocycles. The van der Waals surface area contributed by atoms with E-state index >= 15 is 0 Å². The topological polar surface area (TPSA) is 35.2 Å². The van der Waals surface area contributed by atoms with Crippen LogP contribution in [-0.2, 0) is 0 Å². The van der Waals surface area contributed by atoms with Crippen molar-refractivity contribution in [3.8, 4) is 11.5 Å². The third-order valence-electron chi connectivity index (χ3n) is 3.11. The number of rotatable bonds is 3. The summed E-state index contributed by atoms with van der Waals surface area (Å²) in [6.07, 6.45) is 0. The minimum atomic E-state index is 0.321. The fourth-order valence-corrected chi connectivity index (χ4v) is 2.53. The lowest BCUT2D eigenvalue weighted by molar-refractivity contribution is 0.480. The van der Waals surface area contributed by atoms with E-state index in [2.05, 4.69) is 13.8 Å². The molecule has 0 saturated carbocycles. The summed E-state index contributed by atoms with van der Waals surface area (Å²) in [6.45, 7) is 6.13. The molecule has 0 aliphatic carbocycles. The summed E-state index contributed by atoms with van der Waals surface area (Å²) in [5.41, 5.74) is 8.46. The van der Waals surface area contributed by atoms with E-state index in [0.29, 0.717) is 22.4 Å². The average molecular weight is 310 g/mol. The number of hydrogen-bond acceptors (Lipinski definition) is 2. The Balaban J connectivity index is 2.43. The molecule has 2 aromatic carbocycles. The third-order valence-corrected chi connectivity index (χ3v) is 3.67. The van der Waals surface area contributed by atoms with E-state index in [1.165, 1.54) is 0 Å². The molecule has 0 bridgehead atoms. The van der Waals surface area contributed by atoms with Crippen LogP contribution in [0.4, 0.5) is 5.69 Å². The average Bonchev–Trinajstić information content (AvgIpc) is 2.36. The molecule has 0 radical (unpaired) electrons. The van der Waals surface area contributed by atoms with Crippen LogP contribution in [0, 0.1) is 6.92 Å². The van der Waals surface area contributed by atoms with Crippen molar-refractivity contribution in [2.75, 3.05) is 5.73 Å². The smallest absolute Gasteiger partial charge is 0.151 e. The molecule has 0 aliphatic rings. The molecule has 2 nitrogen and oxygen atoms in total. The quantitative estimate of drug-likeness (QED) is 0.727. The molecule has 106 valence electrons. The Morgan fingerprint density at radius 1 is 1.05 bits per heavy atom. The van der Waals surface area contributed by atoms with E-state index in [-0.39, 0.29) is 0 Å². The third kappa shape index (κ3) is 3.20. The fourth-order valence-electron chi connectivity index (χ4n) is 1.94. The van der Waals surface area contributed by atoms with Crippen LogP contribution in [0.2, 0.25) is 10.0 Å². The van der Waals surface area contributed by atoms with Crippen molar-refractivity contribution in [3.05, 3.63) is 51.5 Å². The molecule has 0 saturated heterocycles. The van der Waals surface area contributed by atoms with E-state index in [4.69, 9.17) is 33.7 Å². The van der Waals surface area contributed by atoms with Gasteiger partial charge in [-0.2, -0.15) is 0 Å². The molecule has 2 rings (SSSR count). The maximum atomic E-state index is 6.25. The lowest BCUT2D eigenvalue weighted by Crippen LogP contribution is -1.96. The van der Waals surface area contributed by atoms with Gasteiger partial charge in [0.1, 0.15) is 5.75 Å². The molecule has 20 heavy (non-hydrogen) atoms. The highest BCUT2D eigenvalue weighted by Crippen LogP contribution is 2.36. The van der Waals surface area contributed by atoms with E-state index < -0.39 is 0 Å². The van der Waals surface area contributed by atoms with Crippen molar-refractivity contribution in [1.29, 1.82) is 0 Å². The normalized spacial score (nSPS) is 10.9. The Morgan fingerprint density at radius 3 is 2.40 bits per heavy atom. The van der Waals surface area contributed by atoms with Crippen molar-refractivity contribution >= 4 is 28.9 Å². The number of nitrogens with two attached hydrogens (primary N) is 1. The summed E-state index contributed by atoms with van der Waals surface area (Å²) in [7, 11) is 0. The second kappa shape index (κ2) is 5.94. The number of aryl methyl sites for hydroxylation is 1. The first-order chi connectivity index (χ1) is 9.38. The Hall–Kier alpha value is -1.38. The lowest BCUT2D eigenvalue weighted by Gasteiger charge is -2.15. The molecule has 0 atom stereocenters. The highest BCUT2D eigenvalue weighted by molar-refractivity contribution is 6.31. The van der Waals surface area contributed by atoms with Crippen molar-refractivity contribution in [1.82, 2.24) is 0 Å². The van der Waals surface area contributed by atoms with Gasteiger partial charge in [-0.3, -0.25) is 0 Å². The Kier molecular flexibility index (Phi) is 4.46. The van der Waals surface area contributed by atoms with E-state index in [1.807, 2.05) is 19.1 Å². The van der Waals surface area contributed by atoms with Crippen LogP contribution in [0.15, 0.2) is 30.3 Å². The van der Waals surface area contributed by atoms with Gasteiger partial charge in [-0.05, 0) is 48.2 Å². The van der Waals surface area contributed by atoms with Gasteiger partial charge in [0.2, 0.25) is 0 Å². The van der Waals surface area contributed by atoms with Crippen molar-refractivity contribution in [2.24, 2.45) is 0 Å². The first-order valence-electron chi connectivity index (χ1n) is 6.41. The standard InChI is InChI=1S/C16H17Cl2NO/c1-9(2)12-8-15(10(3)6-13(12)18)20-16-7-11(17)4-5-14(16)19/h4-9H,19H2,1-3H3. The van der Waals surface area contributed by atoms with Gasteiger partial charge in [0.25, 0.3) is 0 Å². The van der Waals surface area contributed by atoms with Crippen LogP contribution in [-0.4, -0.2) is 0 Å². The van der Waals surface area contributed by atoms with Gasteiger partial charge >= 0.3 is 0 Å². The van der Waals surface area contributed by atoms with Crippen LogP contribution < -0.4 is 10.5 Å². The monoisotopic (exact) mass is 309 g/mol. The second-order valence-corrected chi connectivity index (χ2v) is 5.92. The summed E-state index contributed by atoms with van der Waals surface area (Å²) in [4.78, 5) is 0. The van der Waals surface area contributed by atoms with Gasteiger partial charge in [-0.1, -0.05) is 37.0 Å². The molecular weight excluding hydrogens is 293 g/mol. The predicted octanol–water partition coefficient (Wildman–Crippen LogP) is 5.80. The van der Waals surface area contributed by atoms with Crippen LogP contribution >= 0.6 is 23.2 Å². The first kappa shape index (κ1) is 15.0. The number of nitrogen functional groups attached to an aromatic ring is 1. The number of halogens is 2. The van der Waals surface area contributed by atoms with Crippen LogP contribution in [0.5, 0.6) is 11.5 Å². The summed E-state index contributed by atoms with van der Waals surface area (Å²) < 4.78 is 5.90. The maximum Gasteiger partial charge on any atom is 0.151 e. The summed E-state index contributed by atoms with van der Waals surface area (Å²) in [5, 5.41) is 1.34. The highest BCUT2D eigenvalue weighted by Gasteiger charge is 2.12. The number of ether oxygens (including phenoxy) is 1. The highest BCUT2D eigenvalue weighted by atomic mass is 35.5. The first-order valence-corrected chi connectivity index (χ1v) is 7.17. The predicted molar refractivity (Wildman–Crippen MR) is 86.2 cm³/mol. The molecule has 0 fully saturated rings. The molecule has 0 amide bonds. The van der Waals surface area contributed by atoms with E-state index in [9.17, 15) is 0 Å². The molecular formula is C16H17Cl2NO. The summed E-state index contributed by atoms with van der Waals surface area (Å²) in [5.74, 6) is 1.62. The number of benzene rings is 2. The van der Waals surface area contributed by atoms with E-state index in [1.54, 1.807) is 18.2 Å². The van der Waals surface area contributed by atoms with Gasteiger partial charge < -0.3 is 10.5 Å². The largest absolute Gasteiger partial charge is 0.455 e. The zero-order valence-electron chi connectivity index (χ0n) is 11.7. The number of anilines is 1. The maximum absolute atomic E-state index is 6.25. The molecule has 2 aromatic rings. The molecule has 0 spiro atoms. The molecule has 0 heterocycles. The number of hydrogen-bond donors (Lipinski definition) is 1. The fraction of sp³-hybridized carbons (Fsp3) is 0.250. The van der Waals surface area contributed by atoms with Gasteiger partial charge in [0.05, 0.1) is 5.69 Å². The summed E-state index contributed by atoms with van der Waals surface area (Å²) >= 11 is 12.2. The van der Waals surface area contributed by atoms with Crippen molar-refractivity contribution in [3.63, 3.8) is 0 Å². The van der Waals surface area contributed by atoms with Gasteiger partial charge in [-0.15, -0.1) is 0 Å². The molecule has 2 N–H and O–H groups in total. The summed E-state index contributed by atoms with van der Waals surface area (Å²) in [6, 6.07) is 9.04. The van der Waals surface area contributed by atoms with Crippen molar-refractivity contribution < 1.29 is 4.74 Å². The minimum absolute atomic E-state index is 0.321. The zero-order valence-corrected chi connectivity index (χ0v) is 13.2.